The Morgan fingerprint density at radius 1 is 1.00 bits per heavy atom. The van der Waals surface area contributed by atoms with Gasteiger partial charge in [0.05, 0.1) is 17.1 Å². The Balaban J connectivity index is 1.55. The lowest BCUT2D eigenvalue weighted by Gasteiger charge is -2.30. The largest absolute Gasteiger partial charge is 0.459 e. The second-order valence-electron chi connectivity index (χ2n) is 10.4. The number of ether oxygens (including phenoxy) is 2. The number of rotatable bonds is 9. The molecule has 0 bridgehead atoms. The van der Waals surface area contributed by atoms with Gasteiger partial charge in [-0.15, -0.1) is 0 Å². The van der Waals surface area contributed by atoms with Crippen molar-refractivity contribution in [3.05, 3.63) is 78.4 Å². The Bertz CT molecular complexity index is 1380. The van der Waals surface area contributed by atoms with Crippen LogP contribution in [0.25, 0.3) is 10.8 Å². The lowest BCUT2D eigenvalue weighted by Crippen LogP contribution is -2.54. The second-order valence-corrected chi connectivity index (χ2v) is 12.0. The summed E-state index contributed by atoms with van der Waals surface area (Å²) in [6.07, 6.45) is 1.06. The van der Waals surface area contributed by atoms with Crippen LogP contribution in [0.4, 0.5) is 0 Å². The molecule has 1 aliphatic rings. The zero-order chi connectivity index (χ0) is 27.3. The smallest absolute Gasteiger partial charge is 0.329 e. The first-order valence-electron chi connectivity index (χ1n) is 12.7. The summed E-state index contributed by atoms with van der Waals surface area (Å²) >= 11 is 0. The summed E-state index contributed by atoms with van der Waals surface area (Å²) in [5.74, 6) is -1.02. The van der Waals surface area contributed by atoms with Crippen LogP contribution in [-0.2, 0) is 35.7 Å². The first kappa shape index (κ1) is 27.8. The average Bonchev–Trinajstić information content (AvgIpc) is 3.39. The van der Waals surface area contributed by atoms with Gasteiger partial charge in [0.1, 0.15) is 18.7 Å². The fourth-order valence-electron chi connectivity index (χ4n) is 4.47. The van der Waals surface area contributed by atoms with E-state index in [1.54, 1.807) is 18.2 Å². The second kappa shape index (κ2) is 11.6. The normalized spacial score (nSPS) is 16.9. The first-order valence-corrected chi connectivity index (χ1v) is 14.2. The van der Waals surface area contributed by atoms with E-state index in [4.69, 9.17) is 9.47 Å². The number of nitrogens with zero attached hydrogens (tertiary/aromatic N) is 1. The van der Waals surface area contributed by atoms with Gasteiger partial charge in [0.2, 0.25) is 15.9 Å². The molecule has 38 heavy (non-hydrogen) atoms. The molecule has 0 unspecified atom stereocenters. The molecule has 0 radical (unpaired) electrons. The summed E-state index contributed by atoms with van der Waals surface area (Å²) in [6.45, 7) is 5.72. The monoisotopic (exact) mass is 538 g/mol. The van der Waals surface area contributed by atoms with Gasteiger partial charge in [0.15, 0.2) is 0 Å². The summed E-state index contributed by atoms with van der Waals surface area (Å²) in [5.41, 5.74) is 0.235. The molecule has 8 nitrogen and oxygen atoms in total. The standard InChI is InChI=1S/C29H34N2O6S/c1-29(2,3)37-20-24(30-38(34,35)26-17-9-14-22-13-7-8-15-23(22)26)27(32)31-18-10-16-25(31)28(33)36-19-21-11-5-4-6-12-21/h4-9,11-15,17,24-25,30H,10,16,18-20H2,1-3H3/t24-,25-/m0/s1. The molecule has 0 spiro atoms. The van der Waals surface area contributed by atoms with Crippen molar-refractivity contribution in [2.75, 3.05) is 13.2 Å². The molecule has 1 aliphatic heterocycles. The highest BCUT2D eigenvalue weighted by atomic mass is 32.2. The van der Waals surface area contributed by atoms with E-state index in [9.17, 15) is 18.0 Å². The molecule has 1 amide bonds. The number of nitrogens with one attached hydrogen (secondary N) is 1. The van der Waals surface area contributed by atoms with Gasteiger partial charge >= 0.3 is 5.97 Å². The summed E-state index contributed by atoms with van der Waals surface area (Å²) < 4.78 is 41.0. The van der Waals surface area contributed by atoms with Crippen molar-refractivity contribution in [2.45, 2.75) is 62.8 Å². The highest BCUT2D eigenvalue weighted by molar-refractivity contribution is 7.89. The zero-order valence-corrected chi connectivity index (χ0v) is 22.7. The fraction of sp³-hybridized carbons (Fsp3) is 0.379. The summed E-state index contributed by atoms with van der Waals surface area (Å²) in [7, 11) is -4.11. The Labute approximate surface area is 224 Å². The molecular formula is C29H34N2O6S. The van der Waals surface area contributed by atoms with Gasteiger partial charge in [-0.05, 0) is 50.6 Å². The van der Waals surface area contributed by atoms with Gasteiger partial charge in [-0.1, -0.05) is 66.7 Å². The third-order valence-electron chi connectivity index (χ3n) is 6.35. The Kier molecular flexibility index (Phi) is 8.50. The predicted octanol–water partition coefficient (Wildman–Crippen LogP) is 4.04. The fourth-order valence-corrected chi connectivity index (χ4v) is 5.87. The molecule has 2 atom stereocenters. The Hall–Kier alpha value is -3.27. The number of carbonyl (C=O) groups excluding carboxylic acids is 2. The average molecular weight is 539 g/mol. The van der Waals surface area contributed by atoms with Crippen molar-refractivity contribution < 1.29 is 27.5 Å². The van der Waals surface area contributed by atoms with Gasteiger partial charge in [-0.2, -0.15) is 4.72 Å². The summed E-state index contributed by atoms with van der Waals surface area (Å²) in [5, 5.41) is 1.32. The lowest BCUT2D eigenvalue weighted by molar-refractivity contribution is -0.155. The number of hydrogen-bond acceptors (Lipinski definition) is 6. The van der Waals surface area contributed by atoms with E-state index in [2.05, 4.69) is 4.72 Å². The molecule has 0 aliphatic carbocycles. The van der Waals surface area contributed by atoms with Crippen LogP contribution in [0.1, 0.15) is 39.2 Å². The van der Waals surface area contributed by atoms with Crippen LogP contribution in [0, 0.1) is 0 Å². The zero-order valence-electron chi connectivity index (χ0n) is 21.9. The summed E-state index contributed by atoms with van der Waals surface area (Å²) in [4.78, 5) is 28.2. The minimum absolute atomic E-state index is 0.0735. The van der Waals surface area contributed by atoms with Crippen LogP contribution in [0.2, 0.25) is 0 Å². The molecule has 3 aromatic rings. The quantitative estimate of drug-likeness (QED) is 0.413. The third kappa shape index (κ3) is 6.78. The van der Waals surface area contributed by atoms with Crippen molar-refractivity contribution in [2.24, 2.45) is 0 Å². The molecule has 1 saturated heterocycles. The van der Waals surface area contributed by atoms with E-state index in [1.807, 2.05) is 69.3 Å². The van der Waals surface area contributed by atoms with Crippen molar-refractivity contribution in [3.8, 4) is 0 Å². The predicted molar refractivity (Wildman–Crippen MR) is 145 cm³/mol. The number of esters is 1. The molecule has 1 heterocycles. The van der Waals surface area contributed by atoms with Crippen LogP contribution in [0.15, 0.2) is 77.7 Å². The van der Waals surface area contributed by atoms with E-state index in [1.165, 1.54) is 11.0 Å². The number of sulfonamides is 1. The number of likely N-dealkylation sites (tertiary alicyclic amines) is 1. The van der Waals surface area contributed by atoms with Crippen LogP contribution >= 0.6 is 0 Å². The van der Waals surface area contributed by atoms with Crippen molar-refractivity contribution in [1.29, 1.82) is 0 Å². The number of benzene rings is 3. The maximum Gasteiger partial charge on any atom is 0.329 e. The molecule has 4 rings (SSSR count). The number of carbonyl (C=O) groups is 2. The van der Waals surface area contributed by atoms with Crippen LogP contribution in [0.5, 0.6) is 0 Å². The van der Waals surface area contributed by atoms with Gasteiger partial charge in [0, 0.05) is 11.9 Å². The number of hydrogen-bond donors (Lipinski definition) is 1. The highest BCUT2D eigenvalue weighted by Gasteiger charge is 2.40. The number of fused-ring (bicyclic) bond motifs is 1. The molecule has 0 saturated carbocycles. The van der Waals surface area contributed by atoms with Crippen LogP contribution < -0.4 is 4.72 Å². The third-order valence-corrected chi connectivity index (χ3v) is 7.88. The summed E-state index contributed by atoms with van der Waals surface area (Å²) in [6, 6.07) is 19.5. The molecule has 3 aromatic carbocycles. The number of amides is 1. The SMILES string of the molecule is CC(C)(C)OC[C@H](NS(=O)(=O)c1cccc2ccccc12)C(=O)N1CCC[C@H]1C(=O)OCc1ccccc1. The molecule has 1 N–H and O–H groups in total. The topological polar surface area (TPSA) is 102 Å². The van der Waals surface area contributed by atoms with Crippen LogP contribution in [0.3, 0.4) is 0 Å². The van der Waals surface area contributed by atoms with E-state index >= 15 is 0 Å². The van der Waals surface area contributed by atoms with E-state index < -0.39 is 39.6 Å². The van der Waals surface area contributed by atoms with E-state index in [0.29, 0.717) is 24.8 Å². The van der Waals surface area contributed by atoms with Gasteiger partial charge < -0.3 is 14.4 Å². The lowest BCUT2D eigenvalue weighted by atomic mass is 10.1. The van der Waals surface area contributed by atoms with Crippen molar-refractivity contribution >= 4 is 32.7 Å². The van der Waals surface area contributed by atoms with Gasteiger partial charge in [-0.25, -0.2) is 13.2 Å². The molecule has 202 valence electrons. The van der Waals surface area contributed by atoms with Crippen LogP contribution in [-0.4, -0.2) is 56.0 Å². The highest BCUT2D eigenvalue weighted by Crippen LogP contribution is 2.25. The van der Waals surface area contributed by atoms with E-state index in [0.717, 1.165) is 10.9 Å². The Morgan fingerprint density at radius 3 is 2.42 bits per heavy atom. The molecule has 9 heteroatoms. The van der Waals surface area contributed by atoms with Gasteiger partial charge in [-0.3, -0.25) is 4.79 Å². The Morgan fingerprint density at radius 2 is 1.68 bits per heavy atom. The first-order chi connectivity index (χ1) is 18.0. The minimum Gasteiger partial charge on any atom is -0.459 e. The molecule has 0 aromatic heterocycles. The minimum atomic E-state index is -4.11. The maximum atomic E-state index is 13.7. The molecular weight excluding hydrogens is 504 g/mol. The maximum absolute atomic E-state index is 13.7. The van der Waals surface area contributed by atoms with Gasteiger partial charge in [0.25, 0.3) is 0 Å². The van der Waals surface area contributed by atoms with E-state index in [-0.39, 0.29) is 18.1 Å². The van der Waals surface area contributed by atoms with Crippen molar-refractivity contribution in [1.82, 2.24) is 9.62 Å². The molecule has 1 fully saturated rings. The van der Waals surface area contributed by atoms with Crippen molar-refractivity contribution in [3.63, 3.8) is 0 Å².